The summed E-state index contributed by atoms with van der Waals surface area (Å²) in [5.41, 5.74) is 5.88. The van der Waals surface area contributed by atoms with Crippen molar-refractivity contribution < 1.29 is 4.79 Å². The third kappa shape index (κ3) is 3.71. The smallest absolute Gasteiger partial charge is 0.150 e. The van der Waals surface area contributed by atoms with E-state index in [9.17, 15) is 4.79 Å². The molecule has 1 nitrogen and oxygen atoms in total. The molecule has 2 rings (SSSR count). The van der Waals surface area contributed by atoms with Gasteiger partial charge in [-0.25, -0.2) is 0 Å². The average Bonchev–Trinajstić information content (AvgIpc) is 2.36. The largest absolute Gasteiger partial charge is 0.298 e. The number of aldehydes is 1. The molecule has 0 N–H and O–H groups in total. The second-order valence-electron chi connectivity index (χ2n) is 4.93. The molecule has 2 aromatic rings. The fraction of sp³-hybridized carbons (Fsp3) is 0.235. The minimum atomic E-state index is 0.744. The molecule has 0 saturated heterocycles. The van der Waals surface area contributed by atoms with Crippen molar-refractivity contribution in [2.24, 2.45) is 0 Å². The van der Waals surface area contributed by atoms with E-state index in [0.717, 1.165) is 17.6 Å². The van der Waals surface area contributed by atoms with Crippen molar-refractivity contribution in [2.45, 2.75) is 31.4 Å². The van der Waals surface area contributed by atoms with E-state index in [-0.39, 0.29) is 0 Å². The number of hydrogen-bond donors (Lipinski definition) is 0. The number of carbonyl (C=O) groups excluding carboxylic acids is 1. The normalized spacial score (nSPS) is 10.5. The number of aryl methyl sites for hydroxylation is 3. The zero-order chi connectivity index (χ0) is 13.8. The summed E-state index contributed by atoms with van der Waals surface area (Å²) in [6.07, 6.45) is 0.894. The van der Waals surface area contributed by atoms with E-state index in [1.165, 1.54) is 27.1 Å². The van der Waals surface area contributed by atoms with E-state index in [0.29, 0.717) is 0 Å². The molecule has 0 amide bonds. The lowest BCUT2D eigenvalue weighted by Gasteiger charge is -2.08. The molecule has 2 heteroatoms. The Morgan fingerprint density at radius 1 is 1.00 bits per heavy atom. The van der Waals surface area contributed by atoms with Crippen LogP contribution in [0.15, 0.2) is 41.3 Å². The number of hydrogen-bond acceptors (Lipinski definition) is 2. The lowest BCUT2D eigenvalue weighted by atomic mass is 10.1. The molecule has 0 aliphatic rings. The molecule has 0 heterocycles. The van der Waals surface area contributed by atoms with Gasteiger partial charge in [0.2, 0.25) is 0 Å². The maximum atomic E-state index is 10.7. The zero-order valence-electron chi connectivity index (χ0n) is 11.6. The van der Waals surface area contributed by atoms with Gasteiger partial charge in [0.05, 0.1) is 0 Å². The van der Waals surface area contributed by atoms with Crippen LogP contribution in [-0.2, 0) is 5.75 Å². The first-order chi connectivity index (χ1) is 9.08. The predicted octanol–water partition coefficient (Wildman–Crippen LogP) is 4.72. The number of thioether (sulfide) groups is 1. The molecular formula is C17H18OS. The molecule has 0 radical (unpaired) electrons. The van der Waals surface area contributed by atoms with Crippen molar-refractivity contribution >= 4 is 18.0 Å². The summed E-state index contributed by atoms with van der Waals surface area (Å²) >= 11 is 1.82. The molecular weight excluding hydrogens is 252 g/mol. The summed E-state index contributed by atoms with van der Waals surface area (Å²) in [5, 5.41) is 0. The number of rotatable bonds is 4. The molecule has 98 valence electrons. The first kappa shape index (κ1) is 13.9. The summed E-state index contributed by atoms with van der Waals surface area (Å²) in [4.78, 5) is 12.0. The maximum absolute atomic E-state index is 10.7. The topological polar surface area (TPSA) is 17.1 Å². The Morgan fingerprint density at radius 3 is 2.26 bits per heavy atom. The van der Waals surface area contributed by atoms with Crippen LogP contribution in [0.5, 0.6) is 0 Å². The Kier molecular flexibility index (Phi) is 4.43. The van der Waals surface area contributed by atoms with Gasteiger partial charge in [0.25, 0.3) is 0 Å². The summed E-state index contributed by atoms with van der Waals surface area (Å²) in [6, 6.07) is 12.5. The Labute approximate surface area is 119 Å². The standard InChI is InChI=1S/C17H18OS/c1-12-6-13(2)8-16(7-12)11-19-17-5-4-15(10-18)9-14(17)3/h4-10H,11H2,1-3H3. The Bertz CT molecular complexity index is 582. The van der Waals surface area contributed by atoms with Crippen molar-refractivity contribution in [1.29, 1.82) is 0 Å². The van der Waals surface area contributed by atoms with E-state index in [4.69, 9.17) is 0 Å². The van der Waals surface area contributed by atoms with Gasteiger partial charge in [-0.15, -0.1) is 11.8 Å². The molecule has 0 saturated carbocycles. The van der Waals surface area contributed by atoms with Crippen LogP contribution in [0.2, 0.25) is 0 Å². The summed E-state index contributed by atoms with van der Waals surface area (Å²) in [6.45, 7) is 6.31. The first-order valence-corrected chi connectivity index (χ1v) is 7.33. The van der Waals surface area contributed by atoms with Crippen LogP contribution < -0.4 is 0 Å². The Hall–Kier alpha value is -1.54. The average molecular weight is 270 g/mol. The van der Waals surface area contributed by atoms with Gasteiger partial charge in [0.1, 0.15) is 6.29 Å². The van der Waals surface area contributed by atoms with Gasteiger partial charge in [-0.05, 0) is 44.0 Å². The van der Waals surface area contributed by atoms with E-state index in [1.54, 1.807) is 0 Å². The van der Waals surface area contributed by atoms with E-state index in [1.807, 2.05) is 30.0 Å². The van der Waals surface area contributed by atoms with Gasteiger partial charge in [-0.2, -0.15) is 0 Å². The highest BCUT2D eigenvalue weighted by Crippen LogP contribution is 2.27. The van der Waals surface area contributed by atoms with Crippen molar-refractivity contribution in [3.63, 3.8) is 0 Å². The number of benzene rings is 2. The van der Waals surface area contributed by atoms with Crippen molar-refractivity contribution in [1.82, 2.24) is 0 Å². The van der Waals surface area contributed by atoms with E-state index < -0.39 is 0 Å². The van der Waals surface area contributed by atoms with Crippen LogP contribution in [0.3, 0.4) is 0 Å². The van der Waals surface area contributed by atoms with Crippen LogP contribution >= 0.6 is 11.8 Å². The Morgan fingerprint density at radius 2 is 1.68 bits per heavy atom. The molecule has 0 aliphatic heterocycles. The van der Waals surface area contributed by atoms with Gasteiger partial charge >= 0.3 is 0 Å². The van der Waals surface area contributed by atoms with Crippen molar-refractivity contribution in [3.8, 4) is 0 Å². The second kappa shape index (κ2) is 6.07. The van der Waals surface area contributed by atoms with Crippen LogP contribution in [0.4, 0.5) is 0 Å². The van der Waals surface area contributed by atoms with E-state index >= 15 is 0 Å². The molecule has 0 fully saturated rings. The van der Waals surface area contributed by atoms with Crippen molar-refractivity contribution in [3.05, 3.63) is 64.2 Å². The molecule has 0 atom stereocenters. The quantitative estimate of drug-likeness (QED) is 0.591. The highest BCUT2D eigenvalue weighted by Gasteiger charge is 2.02. The second-order valence-corrected chi connectivity index (χ2v) is 5.94. The molecule has 0 bridgehead atoms. The predicted molar refractivity (Wildman–Crippen MR) is 82.0 cm³/mol. The molecule has 0 spiro atoms. The molecule has 0 unspecified atom stereocenters. The minimum Gasteiger partial charge on any atom is -0.298 e. The fourth-order valence-corrected chi connectivity index (χ4v) is 3.16. The van der Waals surface area contributed by atoms with E-state index in [2.05, 4.69) is 39.0 Å². The summed E-state index contributed by atoms with van der Waals surface area (Å²) < 4.78 is 0. The van der Waals surface area contributed by atoms with Crippen LogP contribution in [-0.4, -0.2) is 6.29 Å². The molecule has 2 aromatic carbocycles. The van der Waals surface area contributed by atoms with Crippen LogP contribution in [0, 0.1) is 20.8 Å². The number of carbonyl (C=O) groups is 1. The lowest BCUT2D eigenvalue weighted by molar-refractivity contribution is 0.112. The van der Waals surface area contributed by atoms with Gasteiger partial charge in [0.15, 0.2) is 0 Å². The molecule has 0 aromatic heterocycles. The van der Waals surface area contributed by atoms with Crippen molar-refractivity contribution in [2.75, 3.05) is 0 Å². The zero-order valence-corrected chi connectivity index (χ0v) is 12.4. The highest BCUT2D eigenvalue weighted by molar-refractivity contribution is 7.98. The van der Waals surface area contributed by atoms with Crippen LogP contribution in [0.1, 0.15) is 32.6 Å². The molecule has 0 aliphatic carbocycles. The van der Waals surface area contributed by atoms with Gasteiger partial charge in [-0.3, -0.25) is 4.79 Å². The SMILES string of the molecule is Cc1cc(C)cc(CSc2ccc(C=O)cc2C)c1. The molecule has 19 heavy (non-hydrogen) atoms. The Balaban J connectivity index is 2.12. The van der Waals surface area contributed by atoms with Gasteiger partial charge in [-0.1, -0.05) is 35.4 Å². The third-order valence-corrected chi connectivity index (χ3v) is 4.26. The maximum Gasteiger partial charge on any atom is 0.150 e. The minimum absolute atomic E-state index is 0.744. The highest BCUT2D eigenvalue weighted by atomic mass is 32.2. The van der Waals surface area contributed by atoms with Gasteiger partial charge in [0, 0.05) is 16.2 Å². The third-order valence-electron chi connectivity index (χ3n) is 3.01. The monoisotopic (exact) mass is 270 g/mol. The van der Waals surface area contributed by atoms with Crippen LogP contribution in [0.25, 0.3) is 0 Å². The fourth-order valence-electron chi connectivity index (χ4n) is 2.22. The summed E-state index contributed by atoms with van der Waals surface area (Å²) in [5.74, 6) is 0.962. The lowest BCUT2D eigenvalue weighted by Crippen LogP contribution is -1.88. The first-order valence-electron chi connectivity index (χ1n) is 6.34. The summed E-state index contributed by atoms with van der Waals surface area (Å²) in [7, 11) is 0. The van der Waals surface area contributed by atoms with Gasteiger partial charge < -0.3 is 0 Å².